The average Bonchev–Trinajstić information content (AvgIpc) is 3.17. The Kier molecular flexibility index (Phi) is 6.75. The fourth-order valence-corrected chi connectivity index (χ4v) is 5.91. The molecule has 2 heterocycles. The van der Waals surface area contributed by atoms with E-state index < -0.39 is 0 Å². The van der Waals surface area contributed by atoms with Crippen molar-refractivity contribution in [1.29, 1.82) is 0 Å². The summed E-state index contributed by atoms with van der Waals surface area (Å²) in [5.74, 6) is 0.790. The molecule has 2 unspecified atom stereocenters. The minimum atomic E-state index is -0.201. The molecule has 180 valence electrons. The number of ether oxygens (including phenoxy) is 1. The number of para-hydroxylation sites is 1. The largest absolute Gasteiger partial charge is 0.497 e. The quantitative estimate of drug-likeness (QED) is 0.687. The van der Waals surface area contributed by atoms with Crippen LogP contribution in [0.1, 0.15) is 37.7 Å². The van der Waals surface area contributed by atoms with Crippen LogP contribution < -0.4 is 14.5 Å². The molecule has 3 aliphatic rings. The fourth-order valence-electron chi connectivity index (χ4n) is 5.91. The number of methoxy groups -OCH3 is 1. The Bertz CT molecular complexity index is 1020. The highest BCUT2D eigenvalue weighted by Gasteiger charge is 2.41. The summed E-state index contributed by atoms with van der Waals surface area (Å²) in [4.78, 5) is 33.7. The van der Waals surface area contributed by atoms with Gasteiger partial charge < -0.3 is 19.4 Å². The molecule has 0 aromatic heterocycles. The van der Waals surface area contributed by atoms with Crippen molar-refractivity contribution in [2.45, 2.75) is 38.5 Å². The third-order valence-corrected chi connectivity index (χ3v) is 7.80. The normalized spacial score (nSPS) is 22.8. The molecule has 1 aliphatic carbocycles. The van der Waals surface area contributed by atoms with E-state index in [0.29, 0.717) is 6.54 Å². The number of anilines is 2. The van der Waals surface area contributed by atoms with Crippen LogP contribution in [0.15, 0.2) is 48.5 Å². The van der Waals surface area contributed by atoms with E-state index in [1.807, 2.05) is 40.1 Å². The van der Waals surface area contributed by atoms with Gasteiger partial charge in [-0.25, -0.2) is 0 Å². The van der Waals surface area contributed by atoms with Gasteiger partial charge in [-0.15, -0.1) is 0 Å². The summed E-state index contributed by atoms with van der Waals surface area (Å²) in [6.07, 6.45) is 5.54. The molecule has 2 aromatic rings. The molecular weight excluding hydrogens is 426 g/mol. The van der Waals surface area contributed by atoms with Crippen LogP contribution in [0.25, 0.3) is 0 Å². The second kappa shape index (κ2) is 10.1. The third-order valence-electron chi connectivity index (χ3n) is 7.80. The molecule has 6 heteroatoms. The van der Waals surface area contributed by atoms with Crippen molar-refractivity contribution in [3.8, 4) is 5.75 Å². The highest BCUT2D eigenvalue weighted by Crippen LogP contribution is 2.37. The van der Waals surface area contributed by atoms with E-state index >= 15 is 0 Å². The Morgan fingerprint density at radius 3 is 2.29 bits per heavy atom. The topological polar surface area (TPSA) is 53.1 Å². The van der Waals surface area contributed by atoms with Gasteiger partial charge >= 0.3 is 0 Å². The Hall–Kier alpha value is -3.02. The standard InChI is InChI=1S/C28H35N3O3/c1-34-23-13-11-22(12-14-23)29-16-6-17-30(20-19-29)27(32)24-8-3-4-9-25(24)28(33)31-18-15-21-7-2-5-10-26(21)31/h2,5,7,10-14,24-25H,3-4,6,8-9,15-20H2,1H3. The van der Waals surface area contributed by atoms with Crippen molar-refractivity contribution in [2.75, 3.05) is 49.6 Å². The highest BCUT2D eigenvalue weighted by atomic mass is 16.5. The average molecular weight is 462 g/mol. The SMILES string of the molecule is COc1ccc(N2CCCN(C(=O)C3CCCCC3C(=O)N3CCc4ccccc43)CC2)cc1. The van der Waals surface area contributed by atoms with E-state index in [9.17, 15) is 9.59 Å². The van der Waals surface area contributed by atoms with Gasteiger partial charge in [-0.2, -0.15) is 0 Å². The van der Waals surface area contributed by atoms with E-state index in [1.54, 1.807) is 7.11 Å². The molecule has 2 amide bonds. The predicted octanol–water partition coefficient (Wildman–Crippen LogP) is 4.13. The van der Waals surface area contributed by atoms with Crippen LogP contribution in [0.4, 0.5) is 11.4 Å². The van der Waals surface area contributed by atoms with E-state index in [1.165, 1.54) is 5.56 Å². The molecule has 5 rings (SSSR count). The molecule has 6 nitrogen and oxygen atoms in total. The van der Waals surface area contributed by atoms with Crippen molar-refractivity contribution in [3.05, 3.63) is 54.1 Å². The molecule has 2 aromatic carbocycles. The van der Waals surface area contributed by atoms with Crippen LogP contribution in [-0.4, -0.2) is 56.5 Å². The number of hydrogen-bond donors (Lipinski definition) is 0. The first-order valence-electron chi connectivity index (χ1n) is 12.7. The fraction of sp³-hybridized carbons (Fsp3) is 0.500. The van der Waals surface area contributed by atoms with Gasteiger partial charge in [-0.3, -0.25) is 9.59 Å². The Morgan fingerprint density at radius 2 is 1.53 bits per heavy atom. The molecule has 0 radical (unpaired) electrons. The van der Waals surface area contributed by atoms with Crippen molar-refractivity contribution >= 4 is 23.2 Å². The van der Waals surface area contributed by atoms with Crippen molar-refractivity contribution < 1.29 is 14.3 Å². The molecule has 1 saturated heterocycles. The van der Waals surface area contributed by atoms with E-state index in [-0.39, 0.29) is 23.7 Å². The Morgan fingerprint density at radius 1 is 0.794 bits per heavy atom. The van der Waals surface area contributed by atoms with E-state index in [2.05, 4.69) is 23.1 Å². The van der Waals surface area contributed by atoms with Gasteiger partial charge in [-0.1, -0.05) is 31.0 Å². The molecule has 2 fully saturated rings. The van der Waals surface area contributed by atoms with Gasteiger partial charge in [0.1, 0.15) is 5.75 Å². The van der Waals surface area contributed by atoms with Gasteiger partial charge in [-0.05, 0) is 61.6 Å². The third kappa shape index (κ3) is 4.50. The molecule has 34 heavy (non-hydrogen) atoms. The van der Waals surface area contributed by atoms with Crippen LogP contribution >= 0.6 is 0 Å². The second-order valence-electron chi connectivity index (χ2n) is 9.73. The summed E-state index contributed by atoms with van der Waals surface area (Å²) in [6, 6.07) is 16.3. The first kappa shape index (κ1) is 22.8. The van der Waals surface area contributed by atoms with Crippen molar-refractivity contribution in [3.63, 3.8) is 0 Å². The summed E-state index contributed by atoms with van der Waals surface area (Å²) in [6.45, 7) is 3.93. The summed E-state index contributed by atoms with van der Waals surface area (Å²) >= 11 is 0. The lowest BCUT2D eigenvalue weighted by molar-refractivity contribution is -0.142. The maximum atomic E-state index is 13.7. The van der Waals surface area contributed by atoms with Crippen LogP contribution in [0.2, 0.25) is 0 Å². The number of nitrogens with zero attached hydrogens (tertiary/aromatic N) is 3. The predicted molar refractivity (Wildman–Crippen MR) is 134 cm³/mol. The zero-order valence-electron chi connectivity index (χ0n) is 20.1. The summed E-state index contributed by atoms with van der Waals surface area (Å²) in [5.41, 5.74) is 3.43. The van der Waals surface area contributed by atoms with Crippen molar-refractivity contribution in [1.82, 2.24) is 4.90 Å². The van der Waals surface area contributed by atoms with Gasteiger partial charge in [0.15, 0.2) is 0 Å². The van der Waals surface area contributed by atoms with E-state index in [4.69, 9.17) is 4.74 Å². The first-order chi connectivity index (χ1) is 16.7. The molecular formula is C28H35N3O3. The number of carbonyl (C=O) groups is 2. The van der Waals surface area contributed by atoms with Crippen LogP contribution in [0.3, 0.4) is 0 Å². The number of benzene rings is 2. The van der Waals surface area contributed by atoms with Gasteiger partial charge in [0.05, 0.1) is 13.0 Å². The lowest BCUT2D eigenvalue weighted by atomic mass is 9.77. The molecule has 2 atom stereocenters. The van der Waals surface area contributed by atoms with Crippen LogP contribution in [0.5, 0.6) is 5.75 Å². The Labute approximate surface area is 202 Å². The number of hydrogen-bond acceptors (Lipinski definition) is 4. The highest BCUT2D eigenvalue weighted by molar-refractivity contribution is 5.99. The molecule has 1 saturated carbocycles. The maximum absolute atomic E-state index is 13.7. The number of rotatable bonds is 4. The number of amides is 2. The maximum Gasteiger partial charge on any atom is 0.230 e. The monoisotopic (exact) mass is 461 g/mol. The van der Waals surface area contributed by atoms with E-state index in [0.717, 1.165) is 81.8 Å². The lowest BCUT2D eigenvalue weighted by Gasteiger charge is -2.35. The summed E-state index contributed by atoms with van der Waals surface area (Å²) in [5, 5.41) is 0. The zero-order chi connectivity index (χ0) is 23.5. The number of carbonyl (C=O) groups excluding carboxylic acids is 2. The second-order valence-corrected chi connectivity index (χ2v) is 9.73. The number of fused-ring (bicyclic) bond motifs is 1. The van der Waals surface area contributed by atoms with Gasteiger partial charge in [0, 0.05) is 50.0 Å². The molecule has 0 bridgehead atoms. The van der Waals surface area contributed by atoms with Gasteiger partial charge in [0.2, 0.25) is 11.8 Å². The molecule has 0 spiro atoms. The zero-order valence-corrected chi connectivity index (χ0v) is 20.1. The Balaban J connectivity index is 1.26. The summed E-state index contributed by atoms with van der Waals surface area (Å²) < 4.78 is 5.28. The minimum Gasteiger partial charge on any atom is -0.497 e. The van der Waals surface area contributed by atoms with Crippen molar-refractivity contribution in [2.24, 2.45) is 11.8 Å². The summed E-state index contributed by atoms with van der Waals surface area (Å²) in [7, 11) is 1.68. The smallest absolute Gasteiger partial charge is 0.230 e. The minimum absolute atomic E-state index is 0.151. The lowest BCUT2D eigenvalue weighted by Crippen LogP contribution is -2.47. The molecule has 2 aliphatic heterocycles. The van der Waals surface area contributed by atoms with Gasteiger partial charge in [0.25, 0.3) is 0 Å². The van der Waals surface area contributed by atoms with Crippen LogP contribution in [0, 0.1) is 11.8 Å². The van der Waals surface area contributed by atoms with Crippen LogP contribution in [-0.2, 0) is 16.0 Å². The first-order valence-corrected chi connectivity index (χ1v) is 12.7. The molecule has 0 N–H and O–H groups in total.